The molecule has 0 bridgehead atoms. The number of hydrogen-bond acceptors (Lipinski definition) is 4. The molecular formula is C6H8N2O2. The van der Waals surface area contributed by atoms with Crippen LogP contribution < -0.4 is 5.48 Å². The molecule has 1 aliphatic heterocycles. The molecule has 0 spiro atoms. The van der Waals surface area contributed by atoms with Gasteiger partial charge in [0.1, 0.15) is 12.0 Å². The molecule has 1 aromatic heterocycles. The van der Waals surface area contributed by atoms with Crippen LogP contribution in [0, 0.1) is 0 Å². The van der Waals surface area contributed by atoms with E-state index < -0.39 is 0 Å². The minimum atomic E-state index is 0.221. The first kappa shape index (κ1) is 5.88. The van der Waals surface area contributed by atoms with Crippen LogP contribution in [0.2, 0.25) is 0 Å². The summed E-state index contributed by atoms with van der Waals surface area (Å²) in [6.07, 6.45) is 2.53. The molecule has 4 heteroatoms. The molecule has 0 amide bonds. The lowest BCUT2D eigenvalue weighted by molar-refractivity contribution is 0.0871. The van der Waals surface area contributed by atoms with Gasteiger partial charge in [0, 0.05) is 6.07 Å². The molecular weight excluding hydrogens is 132 g/mol. The fraction of sp³-hybridized carbons (Fsp3) is 0.500. The number of hydrogen-bond donors (Lipinski definition) is 1. The van der Waals surface area contributed by atoms with Gasteiger partial charge in [0.2, 0.25) is 0 Å². The molecule has 1 N–H and O–H groups in total. The highest BCUT2D eigenvalue weighted by molar-refractivity contribution is 5.02. The second-order valence-corrected chi connectivity index (χ2v) is 2.23. The molecule has 1 atom stereocenters. The van der Waals surface area contributed by atoms with Crippen LogP contribution in [0.25, 0.3) is 0 Å². The van der Waals surface area contributed by atoms with E-state index in [9.17, 15) is 0 Å². The minimum absolute atomic E-state index is 0.221. The Morgan fingerprint density at radius 1 is 1.70 bits per heavy atom. The van der Waals surface area contributed by atoms with Crippen molar-refractivity contribution in [1.82, 2.24) is 10.6 Å². The second-order valence-electron chi connectivity index (χ2n) is 2.23. The Kier molecular flexibility index (Phi) is 1.41. The minimum Gasteiger partial charge on any atom is -0.364 e. The van der Waals surface area contributed by atoms with Gasteiger partial charge in [-0.05, 0) is 6.42 Å². The first-order chi connectivity index (χ1) is 4.97. The predicted octanol–water partition coefficient (Wildman–Crippen LogP) is 0.641. The van der Waals surface area contributed by atoms with Crippen molar-refractivity contribution in [2.24, 2.45) is 0 Å². The molecule has 1 aromatic rings. The van der Waals surface area contributed by atoms with Gasteiger partial charge in [-0.25, -0.2) is 0 Å². The molecule has 1 fully saturated rings. The molecule has 54 valence electrons. The van der Waals surface area contributed by atoms with E-state index in [1.54, 1.807) is 6.26 Å². The Bertz CT molecular complexity index is 192. The maximum atomic E-state index is 4.95. The van der Waals surface area contributed by atoms with Crippen LogP contribution in [-0.2, 0) is 4.84 Å². The number of aromatic nitrogens is 1. The molecule has 0 radical (unpaired) electrons. The maximum absolute atomic E-state index is 4.95. The molecule has 1 unspecified atom stereocenters. The Morgan fingerprint density at radius 2 is 2.70 bits per heavy atom. The van der Waals surface area contributed by atoms with Gasteiger partial charge in [-0.2, -0.15) is 5.48 Å². The van der Waals surface area contributed by atoms with Gasteiger partial charge in [0.15, 0.2) is 0 Å². The lowest BCUT2D eigenvalue weighted by atomic mass is 10.2. The van der Waals surface area contributed by atoms with E-state index in [-0.39, 0.29) is 6.04 Å². The predicted molar refractivity (Wildman–Crippen MR) is 32.9 cm³/mol. The quantitative estimate of drug-likeness (QED) is 0.621. The lowest BCUT2D eigenvalue weighted by Crippen LogP contribution is -2.11. The fourth-order valence-corrected chi connectivity index (χ4v) is 1.01. The smallest absolute Gasteiger partial charge is 0.124 e. The Hall–Kier alpha value is -0.870. The van der Waals surface area contributed by atoms with Crippen LogP contribution in [0.4, 0.5) is 0 Å². The van der Waals surface area contributed by atoms with Crippen molar-refractivity contribution in [1.29, 1.82) is 0 Å². The van der Waals surface area contributed by atoms with Crippen molar-refractivity contribution in [3.05, 3.63) is 18.0 Å². The summed E-state index contributed by atoms with van der Waals surface area (Å²) in [6, 6.07) is 2.06. The highest BCUT2D eigenvalue weighted by atomic mass is 16.7. The van der Waals surface area contributed by atoms with E-state index >= 15 is 0 Å². The average Bonchev–Trinajstić information content (AvgIpc) is 2.59. The zero-order valence-electron chi connectivity index (χ0n) is 5.41. The van der Waals surface area contributed by atoms with E-state index in [0.29, 0.717) is 0 Å². The van der Waals surface area contributed by atoms with E-state index in [1.807, 2.05) is 6.07 Å². The third kappa shape index (κ3) is 0.913. The van der Waals surface area contributed by atoms with Crippen molar-refractivity contribution in [2.45, 2.75) is 12.5 Å². The Morgan fingerprint density at radius 3 is 3.30 bits per heavy atom. The average molecular weight is 140 g/mol. The van der Waals surface area contributed by atoms with Crippen LogP contribution in [0.5, 0.6) is 0 Å². The zero-order chi connectivity index (χ0) is 6.81. The number of hydroxylamine groups is 1. The molecule has 0 aliphatic carbocycles. The molecule has 1 saturated heterocycles. The maximum Gasteiger partial charge on any atom is 0.124 e. The molecule has 10 heavy (non-hydrogen) atoms. The van der Waals surface area contributed by atoms with Crippen molar-refractivity contribution in [2.75, 3.05) is 6.61 Å². The van der Waals surface area contributed by atoms with E-state index in [2.05, 4.69) is 15.2 Å². The van der Waals surface area contributed by atoms with Crippen molar-refractivity contribution >= 4 is 0 Å². The summed E-state index contributed by atoms with van der Waals surface area (Å²) in [5, 5.41) is 3.78. The van der Waals surface area contributed by atoms with Crippen molar-refractivity contribution in [3.63, 3.8) is 0 Å². The summed E-state index contributed by atoms with van der Waals surface area (Å²) < 4.78 is 4.68. The number of nitrogens with one attached hydrogen (secondary N) is 1. The van der Waals surface area contributed by atoms with E-state index in [0.717, 1.165) is 18.7 Å². The lowest BCUT2D eigenvalue weighted by Gasteiger charge is -2.00. The number of nitrogens with zero attached hydrogens (tertiary/aromatic N) is 1. The highest BCUT2D eigenvalue weighted by Gasteiger charge is 2.18. The van der Waals surface area contributed by atoms with E-state index in [4.69, 9.17) is 4.84 Å². The zero-order valence-corrected chi connectivity index (χ0v) is 5.41. The first-order valence-electron chi connectivity index (χ1n) is 3.24. The monoisotopic (exact) mass is 140 g/mol. The van der Waals surface area contributed by atoms with Crippen LogP contribution in [-0.4, -0.2) is 11.8 Å². The molecule has 1 aliphatic rings. The third-order valence-electron chi connectivity index (χ3n) is 1.55. The van der Waals surface area contributed by atoms with Gasteiger partial charge in [-0.15, -0.1) is 0 Å². The molecule has 2 heterocycles. The highest BCUT2D eigenvalue weighted by Crippen LogP contribution is 2.18. The summed E-state index contributed by atoms with van der Waals surface area (Å²) in [4.78, 5) is 4.95. The van der Waals surface area contributed by atoms with E-state index in [1.165, 1.54) is 0 Å². The van der Waals surface area contributed by atoms with Crippen LogP contribution >= 0.6 is 0 Å². The Labute approximate surface area is 58.1 Å². The first-order valence-corrected chi connectivity index (χ1v) is 3.24. The summed E-state index contributed by atoms with van der Waals surface area (Å²) in [7, 11) is 0. The summed E-state index contributed by atoms with van der Waals surface area (Å²) in [5.74, 6) is 0. The fourth-order valence-electron chi connectivity index (χ4n) is 1.01. The topological polar surface area (TPSA) is 47.3 Å². The van der Waals surface area contributed by atoms with Crippen LogP contribution in [0.3, 0.4) is 0 Å². The van der Waals surface area contributed by atoms with Gasteiger partial charge in [0.25, 0.3) is 0 Å². The second kappa shape index (κ2) is 2.40. The summed E-state index contributed by atoms with van der Waals surface area (Å²) in [6.45, 7) is 0.748. The molecule has 4 nitrogen and oxygen atoms in total. The van der Waals surface area contributed by atoms with Gasteiger partial charge in [-0.1, -0.05) is 5.16 Å². The van der Waals surface area contributed by atoms with Gasteiger partial charge < -0.3 is 9.36 Å². The van der Waals surface area contributed by atoms with Gasteiger partial charge in [-0.3, -0.25) is 0 Å². The largest absolute Gasteiger partial charge is 0.364 e. The molecule has 0 saturated carbocycles. The van der Waals surface area contributed by atoms with Crippen LogP contribution in [0.1, 0.15) is 18.2 Å². The summed E-state index contributed by atoms with van der Waals surface area (Å²) in [5.41, 5.74) is 3.75. The van der Waals surface area contributed by atoms with Crippen molar-refractivity contribution < 1.29 is 9.36 Å². The van der Waals surface area contributed by atoms with Crippen molar-refractivity contribution in [3.8, 4) is 0 Å². The van der Waals surface area contributed by atoms with Crippen LogP contribution in [0.15, 0.2) is 16.9 Å². The standard InChI is InChI=1S/C6H8N2O2/c1-3-9-7-5(1)6-2-4-10-8-6/h1,3,6,8H,2,4H2. The molecule has 0 aromatic carbocycles. The summed E-state index contributed by atoms with van der Waals surface area (Å²) >= 11 is 0. The van der Waals surface area contributed by atoms with Gasteiger partial charge in [0.05, 0.1) is 12.6 Å². The third-order valence-corrected chi connectivity index (χ3v) is 1.55. The molecule has 2 rings (SSSR count). The Balaban J connectivity index is 2.12. The normalized spacial score (nSPS) is 25.4. The van der Waals surface area contributed by atoms with Gasteiger partial charge >= 0.3 is 0 Å². The SMILES string of the molecule is c1cc(C2CCON2)no1. The number of rotatable bonds is 1.